The lowest BCUT2D eigenvalue weighted by Crippen LogP contribution is -2.18. The van der Waals surface area contributed by atoms with Crippen LogP contribution in [0.15, 0.2) is 47.1 Å². The van der Waals surface area contributed by atoms with Crippen LogP contribution in [0.4, 0.5) is 5.69 Å². The molecule has 98 valence electrons. The number of hydrogen-bond donors (Lipinski definition) is 2. The lowest BCUT2D eigenvalue weighted by Gasteiger charge is -2.20. The predicted octanol–water partition coefficient (Wildman–Crippen LogP) is 2.76. The molecule has 0 bridgehead atoms. The van der Waals surface area contributed by atoms with Crippen molar-refractivity contribution in [2.45, 2.75) is 6.54 Å². The highest BCUT2D eigenvalue weighted by Crippen LogP contribution is 2.20. The maximum atomic E-state index is 7.32. The van der Waals surface area contributed by atoms with Gasteiger partial charge in [0.1, 0.15) is 11.5 Å². The quantitative estimate of drug-likeness (QED) is 0.673. The van der Waals surface area contributed by atoms with Gasteiger partial charge in [0.25, 0.3) is 0 Å². The van der Waals surface area contributed by atoms with E-state index in [-0.39, 0.29) is 5.84 Å². The monoisotopic (exact) mass is 318 g/mol. The van der Waals surface area contributed by atoms with Gasteiger partial charge >= 0.3 is 0 Å². The number of pyridine rings is 1. The van der Waals surface area contributed by atoms with Crippen LogP contribution < -0.4 is 10.6 Å². The number of rotatable bonds is 4. The van der Waals surface area contributed by atoms with E-state index < -0.39 is 0 Å². The van der Waals surface area contributed by atoms with E-state index in [0.29, 0.717) is 5.69 Å². The van der Waals surface area contributed by atoms with Gasteiger partial charge in [-0.15, -0.1) is 0 Å². The zero-order valence-electron chi connectivity index (χ0n) is 10.6. The molecule has 0 aliphatic carbocycles. The molecule has 0 radical (unpaired) electrons. The Morgan fingerprint density at radius 2 is 2.05 bits per heavy atom. The van der Waals surface area contributed by atoms with Gasteiger partial charge in [-0.2, -0.15) is 0 Å². The topological polar surface area (TPSA) is 66.0 Å². The molecule has 0 unspecified atom stereocenters. The summed E-state index contributed by atoms with van der Waals surface area (Å²) in [7, 11) is 2.00. The van der Waals surface area contributed by atoms with Crippen LogP contribution in [-0.2, 0) is 6.54 Å². The van der Waals surface area contributed by atoms with Crippen LogP contribution in [0.2, 0.25) is 0 Å². The molecule has 2 aromatic rings. The summed E-state index contributed by atoms with van der Waals surface area (Å²) < 4.78 is 1.09. The first kappa shape index (κ1) is 13.5. The first-order valence-corrected chi connectivity index (χ1v) is 6.62. The van der Waals surface area contributed by atoms with Gasteiger partial charge in [-0.1, -0.05) is 34.1 Å². The number of hydrogen-bond acceptors (Lipinski definition) is 3. The first-order valence-electron chi connectivity index (χ1n) is 5.83. The summed E-state index contributed by atoms with van der Waals surface area (Å²) in [5, 5.41) is 7.32. The molecule has 0 spiro atoms. The Hall–Kier alpha value is -1.88. The highest BCUT2D eigenvalue weighted by molar-refractivity contribution is 9.10. The Morgan fingerprint density at radius 3 is 2.63 bits per heavy atom. The van der Waals surface area contributed by atoms with Gasteiger partial charge in [0, 0.05) is 18.1 Å². The molecule has 5 heteroatoms. The fourth-order valence-electron chi connectivity index (χ4n) is 1.74. The smallest absolute Gasteiger partial charge is 0.141 e. The van der Waals surface area contributed by atoms with Gasteiger partial charge in [0.05, 0.1) is 11.9 Å². The van der Waals surface area contributed by atoms with Gasteiger partial charge in [0.15, 0.2) is 0 Å². The molecule has 1 heterocycles. The number of nitrogens with one attached hydrogen (secondary N) is 1. The number of anilines is 1. The lowest BCUT2D eigenvalue weighted by atomic mass is 10.2. The third kappa shape index (κ3) is 3.32. The second-order valence-corrected chi connectivity index (χ2v) is 5.12. The number of aromatic nitrogens is 1. The second kappa shape index (κ2) is 5.84. The molecular formula is C14H15BrN4. The largest absolute Gasteiger partial charge is 0.382 e. The molecule has 0 amide bonds. The Labute approximate surface area is 120 Å². The number of halogens is 1. The van der Waals surface area contributed by atoms with Crippen molar-refractivity contribution >= 4 is 27.5 Å². The fraction of sp³-hybridized carbons (Fsp3) is 0.143. The maximum absolute atomic E-state index is 7.32. The average molecular weight is 319 g/mol. The van der Waals surface area contributed by atoms with E-state index in [1.807, 2.05) is 31.3 Å². The van der Waals surface area contributed by atoms with Crippen molar-refractivity contribution < 1.29 is 0 Å². The van der Waals surface area contributed by atoms with Gasteiger partial charge in [0.2, 0.25) is 0 Å². The Balaban J connectivity index is 2.14. The van der Waals surface area contributed by atoms with Crippen LogP contribution in [0.1, 0.15) is 11.3 Å². The SMILES string of the molecule is CN(Cc1ccccc1Br)c1ccc(C(=N)N)nc1. The minimum absolute atomic E-state index is 0.0139. The number of nitrogens with zero attached hydrogens (tertiary/aromatic N) is 2. The number of amidine groups is 1. The third-order valence-electron chi connectivity index (χ3n) is 2.83. The summed E-state index contributed by atoms with van der Waals surface area (Å²) in [6, 6.07) is 11.8. The molecule has 0 fully saturated rings. The standard InChI is InChI=1S/C14H15BrN4/c1-19(9-10-4-2-3-5-12(10)15)11-6-7-13(14(16)17)18-8-11/h2-8H,9H2,1H3,(H3,16,17). The van der Waals surface area contributed by atoms with Crippen LogP contribution >= 0.6 is 15.9 Å². The molecule has 1 aromatic heterocycles. The fourth-order valence-corrected chi connectivity index (χ4v) is 2.15. The molecule has 0 saturated carbocycles. The van der Waals surface area contributed by atoms with Crippen molar-refractivity contribution in [2.75, 3.05) is 11.9 Å². The van der Waals surface area contributed by atoms with E-state index in [1.54, 1.807) is 12.3 Å². The zero-order valence-corrected chi connectivity index (χ0v) is 12.2. The molecule has 0 saturated heterocycles. The highest BCUT2D eigenvalue weighted by atomic mass is 79.9. The van der Waals surface area contributed by atoms with Gasteiger partial charge in [-0.05, 0) is 23.8 Å². The number of nitrogens with two attached hydrogens (primary N) is 1. The molecule has 0 aliphatic rings. The van der Waals surface area contributed by atoms with Crippen LogP contribution in [0.5, 0.6) is 0 Å². The maximum Gasteiger partial charge on any atom is 0.141 e. The van der Waals surface area contributed by atoms with E-state index in [2.05, 4.69) is 31.9 Å². The molecule has 1 aromatic carbocycles. The summed E-state index contributed by atoms with van der Waals surface area (Å²) in [6.07, 6.45) is 1.73. The molecule has 0 atom stereocenters. The molecular weight excluding hydrogens is 304 g/mol. The van der Waals surface area contributed by atoms with Crippen molar-refractivity contribution in [1.29, 1.82) is 5.41 Å². The first-order chi connectivity index (χ1) is 9.08. The molecule has 0 aliphatic heterocycles. The van der Waals surface area contributed by atoms with Gasteiger partial charge in [-0.3, -0.25) is 10.4 Å². The van der Waals surface area contributed by atoms with E-state index in [4.69, 9.17) is 11.1 Å². The van der Waals surface area contributed by atoms with Crippen molar-refractivity contribution in [2.24, 2.45) is 5.73 Å². The number of nitrogen functional groups attached to an aromatic ring is 1. The summed E-state index contributed by atoms with van der Waals surface area (Å²) in [4.78, 5) is 6.25. The Bertz CT molecular complexity index is 580. The van der Waals surface area contributed by atoms with Gasteiger partial charge < -0.3 is 10.6 Å². The number of benzene rings is 1. The van der Waals surface area contributed by atoms with Crippen molar-refractivity contribution in [3.05, 3.63) is 58.3 Å². The van der Waals surface area contributed by atoms with E-state index in [1.165, 1.54) is 5.56 Å². The summed E-state index contributed by atoms with van der Waals surface area (Å²) >= 11 is 3.54. The average Bonchev–Trinajstić information content (AvgIpc) is 2.41. The third-order valence-corrected chi connectivity index (χ3v) is 3.60. The lowest BCUT2D eigenvalue weighted by molar-refractivity contribution is 0.913. The van der Waals surface area contributed by atoms with Crippen LogP contribution in [0, 0.1) is 5.41 Å². The zero-order chi connectivity index (χ0) is 13.8. The van der Waals surface area contributed by atoms with Crippen LogP contribution in [-0.4, -0.2) is 17.9 Å². The minimum Gasteiger partial charge on any atom is -0.382 e. The molecule has 3 N–H and O–H groups in total. The van der Waals surface area contributed by atoms with Crippen LogP contribution in [0.25, 0.3) is 0 Å². The highest BCUT2D eigenvalue weighted by Gasteiger charge is 2.06. The minimum atomic E-state index is -0.0139. The molecule has 4 nitrogen and oxygen atoms in total. The van der Waals surface area contributed by atoms with E-state index >= 15 is 0 Å². The summed E-state index contributed by atoms with van der Waals surface area (Å²) in [5.74, 6) is -0.0139. The predicted molar refractivity (Wildman–Crippen MR) is 81.5 cm³/mol. The molecule has 2 rings (SSSR count). The van der Waals surface area contributed by atoms with Crippen molar-refractivity contribution in [3.63, 3.8) is 0 Å². The van der Waals surface area contributed by atoms with E-state index in [9.17, 15) is 0 Å². The Morgan fingerprint density at radius 1 is 1.32 bits per heavy atom. The van der Waals surface area contributed by atoms with Crippen molar-refractivity contribution in [3.8, 4) is 0 Å². The van der Waals surface area contributed by atoms with Gasteiger partial charge in [-0.25, -0.2) is 0 Å². The van der Waals surface area contributed by atoms with Crippen LogP contribution in [0.3, 0.4) is 0 Å². The second-order valence-electron chi connectivity index (χ2n) is 4.26. The normalized spacial score (nSPS) is 10.2. The summed E-state index contributed by atoms with van der Waals surface area (Å²) in [5.41, 5.74) is 8.08. The molecule has 19 heavy (non-hydrogen) atoms. The van der Waals surface area contributed by atoms with Crippen molar-refractivity contribution in [1.82, 2.24) is 4.98 Å². The summed E-state index contributed by atoms with van der Waals surface area (Å²) in [6.45, 7) is 0.780. The van der Waals surface area contributed by atoms with E-state index in [0.717, 1.165) is 16.7 Å². The Kier molecular flexibility index (Phi) is 4.16.